The van der Waals surface area contributed by atoms with Crippen molar-refractivity contribution in [2.24, 2.45) is 0 Å². The van der Waals surface area contributed by atoms with Crippen molar-refractivity contribution in [3.63, 3.8) is 0 Å². The summed E-state index contributed by atoms with van der Waals surface area (Å²) in [5.41, 5.74) is 1.62. The van der Waals surface area contributed by atoms with Crippen LogP contribution < -0.4 is 4.72 Å². The summed E-state index contributed by atoms with van der Waals surface area (Å²) in [5.74, 6) is -0.672. The van der Waals surface area contributed by atoms with Gasteiger partial charge in [-0.05, 0) is 41.8 Å². The molecule has 2 N–H and O–H groups in total. The fraction of sp³-hybridized carbons (Fsp3) is 0.200. The fourth-order valence-electron chi connectivity index (χ4n) is 1.93. The number of halogens is 1. The molecule has 0 atom stereocenters. The van der Waals surface area contributed by atoms with Gasteiger partial charge in [-0.2, -0.15) is 0 Å². The van der Waals surface area contributed by atoms with Gasteiger partial charge in [0.05, 0.1) is 11.5 Å². The van der Waals surface area contributed by atoms with Crippen LogP contribution in [-0.2, 0) is 23.1 Å². The number of hydrogen-bond acceptors (Lipinski definition) is 3. The summed E-state index contributed by atoms with van der Waals surface area (Å²) in [4.78, 5) is -0.260. The van der Waals surface area contributed by atoms with Crippen molar-refractivity contribution < 1.29 is 17.9 Å². The van der Waals surface area contributed by atoms with Gasteiger partial charge in [-0.3, -0.25) is 4.72 Å². The van der Waals surface area contributed by atoms with Crippen LogP contribution in [0, 0.1) is 5.82 Å². The summed E-state index contributed by atoms with van der Waals surface area (Å²) in [6.45, 7) is 1.52. The molecule has 2 aromatic carbocycles. The smallest absolute Gasteiger partial charge is 0.262 e. The standard InChI is InChI=1S/C15H16FNO3S/c1-2-11-3-7-14(8-4-11)17-21(19,20)15-9-13(16)6-5-12(15)10-18/h3-9,17-18H,2,10H2,1H3. The Morgan fingerprint density at radius 1 is 1.14 bits per heavy atom. The largest absolute Gasteiger partial charge is 0.392 e. The molecule has 0 bridgehead atoms. The van der Waals surface area contributed by atoms with Gasteiger partial charge >= 0.3 is 0 Å². The molecular weight excluding hydrogens is 293 g/mol. The number of aryl methyl sites for hydroxylation is 1. The number of nitrogens with one attached hydrogen (secondary N) is 1. The normalized spacial score (nSPS) is 11.4. The Labute approximate surface area is 123 Å². The highest BCUT2D eigenvalue weighted by molar-refractivity contribution is 7.92. The lowest BCUT2D eigenvalue weighted by molar-refractivity contribution is 0.278. The van der Waals surface area contributed by atoms with Crippen molar-refractivity contribution in [3.05, 3.63) is 59.4 Å². The molecule has 21 heavy (non-hydrogen) atoms. The molecule has 0 aromatic heterocycles. The van der Waals surface area contributed by atoms with Crippen molar-refractivity contribution in [1.29, 1.82) is 0 Å². The Hall–Kier alpha value is -1.92. The van der Waals surface area contributed by atoms with Crippen LogP contribution in [0.4, 0.5) is 10.1 Å². The lowest BCUT2D eigenvalue weighted by Gasteiger charge is -2.11. The molecular formula is C15H16FNO3S. The SMILES string of the molecule is CCc1ccc(NS(=O)(=O)c2cc(F)ccc2CO)cc1. The number of hydrogen-bond donors (Lipinski definition) is 2. The first-order chi connectivity index (χ1) is 9.96. The highest BCUT2D eigenvalue weighted by atomic mass is 32.2. The minimum atomic E-state index is -3.95. The predicted octanol–water partition coefficient (Wildman–Crippen LogP) is 2.68. The van der Waals surface area contributed by atoms with Crippen LogP contribution in [0.1, 0.15) is 18.1 Å². The van der Waals surface area contributed by atoms with Crippen molar-refractivity contribution in [1.82, 2.24) is 0 Å². The number of anilines is 1. The molecule has 2 rings (SSSR count). The van der Waals surface area contributed by atoms with Crippen LogP contribution in [-0.4, -0.2) is 13.5 Å². The number of sulfonamides is 1. The fourth-order valence-corrected chi connectivity index (χ4v) is 3.23. The molecule has 0 aliphatic rings. The van der Waals surface area contributed by atoms with Crippen LogP contribution in [0.15, 0.2) is 47.4 Å². The topological polar surface area (TPSA) is 66.4 Å². The lowest BCUT2D eigenvalue weighted by atomic mass is 10.2. The van der Waals surface area contributed by atoms with E-state index in [0.29, 0.717) is 5.69 Å². The van der Waals surface area contributed by atoms with Crippen molar-refractivity contribution >= 4 is 15.7 Å². The maximum atomic E-state index is 13.3. The van der Waals surface area contributed by atoms with Crippen molar-refractivity contribution in [3.8, 4) is 0 Å². The maximum absolute atomic E-state index is 13.3. The Balaban J connectivity index is 2.35. The van der Waals surface area contributed by atoms with Gasteiger partial charge in [-0.15, -0.1) is 0 Å². The molecule has 0 heterocycles. The van der Waals surface area contributed by atoms with E-state index in [1.54, 1.807) is 12.1 Å². The highest BCUT2D eigenvalue weighted by Gasteiger charge is 2.19. The molecule has 0 spiro atoms. The molecule has 4 nitrogen and oxygen atoms in total. The van der Waals surface area contributed by atoms with Crippen LogP contribution in [0.2, 0.25) is 0 Å². The zero-order valence-corrected chi connectivity index (χ0v) is 12.3. The van der Waals surface area contributed by atoms with E-state index < -0.39 is 22.4 Å². The first-order valence-corrected chi connectivity index (χ1v) is 7.95. The monoisotopic (exact) mass is 309 g/mol. The van der Waals surface area contributed by atoms with Gasteiger partial charge in [0.25, 0.3) is 10.0 Å². The molecule has 2 aromatic rings. The third-order valence-electron chi connectivity index (χ3n) is 3.10. The van der Waals surface area contributed by atoms with Crippen molar-refractivity contribution in [2.45, 2.75) is 24.8 Å². The first-order valence-electron chi connectivity index (χ1n) is 6.47. The zero-order chi connectivity index (χ0) is 15.5. The number of rotatable bonds is 5. The summed E-state index contributed by atoms with van der Waals surface area (Å²) in [6.07, 6.45) is 0.853. The number of benzene rings is 2. The van der Waals surface area contributed by atoms with Gasteiger partial charge in [-0.1, -0.05) is 25.1 Å². The van der Waals surface area contributed by atoms with E-state index in [1.807, 2.05) is 19.1 Å². The first kappa shape index (κ1) is 15.5. The Morgan fingerprint density at radius 2 is 1.81 bits per heavy atom. The van der Waals surface area contributed by atoms with E-state index in [4.69, 9.17) is 0 Å². The molecule has 0 unspecified atom stereocenters. The molecule has 0 saturated carbocycles. The minimum Gasteiger partial charge on any atom is -0.392 e. The number of aliphatic hydroxyl groups is 1. The quantitative estimate of drug-likeness (QED) is 0.892. The maximum Gasteiger partial charge on any atom is 0.262 e. The van der Waals surface area contributed by atoms with E-state index in [2.05, 4.69) is 4.72 Å². The molecule has 0 amide bonds. The molecule has 0 aliphatic carbocycles. The van der Waals surface area contributed by atoms with E-state index in [0.717, 1.165) is 24.1 Å². The molecule has 0 aliphatic heterocycles. The third-order valence-corrected chi connectivity index (χ3v) is 4.57. The van der Waals surface area contributed by atoms with Crippen LogP contribution in [0.25, 0.3) is 0 Å². The van der Waals surface area contributed by atoms with Crippen LogP contribution in [0.3, 0.4) is 0 Å². The second-order valence-electron chi connectivity index (χ2n) is 4.57. The lowest BCUT2D eigenvalue weighted by Crippen LogP contribution is -2.15. The van der Waals surface area contributed by atoms with E-state index >= 15 is 0 Å². The number of aliphatic hydroxyl groups excluding tert-OH is 1. The van der Waals surface area contributed by atoms with E-state index in [9.17, 15) is 17.9 Å². The van der Waals surface area contributed by atoms with Gasteiger partial charge in [0.1, 0.15) is 5.82 Å². The predicted molar refractivity (Wildman–Crippen MR) is 79.0 cm³/mol. The average molecular weight is 309 g/mol. The minimum absolute atomic E-state index is 0.147. The van der Waals surface area contributed by atoms with Crippen LogP contribution >= 0.6 is 0 Å². The molecule has 0 fully saturated rings. The second kappa shape index (κ2) is 6.24. The van der Waals surface area contributed by atoms with Gasteiger partial charge in [0.2, 0.25) is 0 Å². The summed E-state index contributed by atoms with van der Waals surface area (Å²) in [5, 5.41) is 9.19. The Kier molecular flexibility index (Phi) is 4.59. The van der Waals surface area contributed by atoms with Gasteiger partial charge in [-0.25, -0.2) is 12.8 Å². The molecule has 6 heteroatoms. The van der Waals surface area contributed by atoms with Gasteiger partial charge in [0, 0.05) is 5.69 Å². The van der Waals surface area contributed by atoms with Crippen molar-refractivity contribution in [2.75, 3.05) is 4.72 Å². The summed E-state index contributed by atoms with van der Waals surface area (Å²) >= 11 is 0. The average Bonchev–Trinajstić information content (AvgIpc) is 2.47. The Bertz CT molecular complexity index is 727. The van der Waals surface area contributed by atoms with E-state index in [-0.39, 0.29) is 10.5 Å². The second-order valence-corrected chi connectivity index (χ2v) is 6.22. The highest BCUT2D eigenvalue weighted by Crippen LogP contribution is 2.21. The van der Waals surface area contributed by atoms with Gasteiger partial charge < -0.3 is 5.11 Å². The van der Waals surface area contributed by atoms with Gasteiger partial charge in [0.15, 0.2) is 0 Å². The summed E-state index contributed by atoms with van der Waals surface area (Å²) in [7, 11) is -3.95. The summed E-state index contributed by atoms with van der Waals surface area (Å²) in [6, 6.07) is 10.2. The van der Waals surface area contributed by atoms with E-state index in [1.165, 1.54) is 6.07 Å². The zero-order valence-electron chi connectivity index (χ0n) is 11.5. The Morgan fingerprint density at radius 3 is 2.38 bits per heavy atom. The molecule has 112 valence electrons. The third kappa shape index (κ3) is 3.59. The summed E-state index contributed by atoms with van der Waals surface area (Å²) < 4.78 is 40.3. The molecule has 0 radical (unpaired) electrons. The van der Waals surface area contributed by atoms with Crippen LogP contribution in [0.5, 0.6) is 0 Å². The molecule has 0 saturated heterocycles.